The summed E-state index contributed by atoms with van der Waals surface area (Å²) >= 11 is 0. The van der Waals surface area contributed by atoms with Crippen molar-refractivity contribution in [2.45, 2.75) is 25.9 Å². The maximum Gasteiger partial charge on any atom is 0.373 e. The standard InChI is InChI=1S/C28H28N2O2Si.CO2/c1-33(2)25-17-19(29-13-5-14-29)9-11-23(25)27(21-7-3-4-8-22(21)28(31)32)24-12-10-20(18-26(24)33)30-15-6-16-30;2-1-3/h3-4,7-12,17-18H,5-6,13-16H2,1-2H3;. The summed E-state index contributed by atoms with van der Waals surface area (Å²) in [6.45, 7) is 9.32. The van der Waals surface area contributed by atoms with Gasteiger partial charge in [0.2, 0.25) is 0 Å². The minimum absolute atomic E-state index is 0.250. The van der Waals surface area contributed by atoms with Crippen LogP contribution in [0.1, 0.15) is 34.3 Å². The molecule has 0 bridgehead atoms. The van der Waals surface area contributed by atoms with Gasteiger partial charge < -0.3 is 14.8 Å². The molecule has 0 unspecified atom stereocenters. The number of carbonyl (C=O) groups is 1. The summed E-state index contributed by atoms with van der Waals surface area (Å²) in [5.74, 6) is -1.13. The van der Waals surface area contributed by atoms with Gasteiger partial charge in [-0.25, -0.2) is 4.58 Å². The topological polar surface area (TPSA) is 80.5 Å². The lowest BCUT2D eigenvalue weighted by Crippen LogP contribution is -2.50. The van der Waals surface area contributed by atoms with Crippen LogP contribution in [0.4, 0.5) is 5.69 Å². The summed E-state index contributed by atoms with van der Waals surface area (Å²) in [4.78, 5) is 30.8. The van der Waals surface area contributed by atoms with E-state index < -0.39 is 14.0 Å². The molecule has 0 atom stereocenters. The molecule has 6 rings (SSSR count). The van der Waals surface area contributed by atoms with Crippen LogP contribution in [0.15, 0.2) is 71.5 Å². The Labute approximate surface area is 211 Å². The largest absolute Gasteiger partial charge is 0.545 e. The van der Waals surface area contributed by atoms with Crippen LogP contribution in [0.3, 0.4) is 0 Å². The number of anilines is 1. The number of hydrogen-bond donors (Lipinski definition) is 0. The second kappa shape index (κ2) is 9.34. The number of carbonyl (C=O) groups excluding carboxylic acids is 3. The third-order valence-electron chi connectivity index (χ3n) is 7.75. The molecule has 0 amide bonds. The number of carboxylic acid groups (broad SMARTS) is 1. The fraction of sp³-hybridized carbons (Fsp3) is 0.276. The first-order valence-electron chi connectivity index (χ1n) is 12.3. The number of allylic oxidation sites excluding steroid dienone is 5. The number of fused-ring (bicyclic) bond motifs is 2. The van der Waals surface area contributed by atoms with Crippen LogP contribution >= 0.6 is 0 Å². The van der Waals surface area contributed by atoms with Crippen LogP contribution in [0.5, 0.6) is 0 Å². The third kappa shape index (κ3) is 3.90. The van der Waals surface area contributed by atoms with E-state index in [1.807, 2.05) is 12.1 Å². The van der Waals surface area contributed by atoms with Crippen molar-refractivity contribution >= 4 is 42.4 Å². The minimum Gasteiger partial charge on any atom is -0.545 e. The maximum absolute atomic E-state index is 12.1. The second-order valence-electron chi connectivity index (χ2n) is 10.1. The summed E-state index contributed by atoms with van der Waals surface area (Å²) in [5, 5.41) is 14.9. The van der Waals surface area contributed by atoms with Gasteiger partial charge in [0, 0.05) is 36.5 Å². The zero-order valence-electron chi connectivity index (χ0n) is 20.5. The smallest absolute Gasteiger partial charge is 0.373 e. The van der Waals surface area contributed by atoms with E-state index in [9.17, 15) is 9.90 Å². The van der Waals surface area contributed by atoms with E-state index in [-0.39, 0.29) is 11.7 Å². The van der Waals surface area contributed by atoms with Gasteiger partial charge in [-0.3, -0.25) is 0 Å². The molecule has 7 heteroatoms. The zero-order valence-corrected chi connectivity index (χ0v) is 21.5. The van der Waals surface area contributed by atoms with E-state index in [0.29, 0.717) is 0 Å². The lowest BCUT2D eigenvalue weighted by molar-refractivity contribution is -0.582. The van der Waals surface area contributed by atoms with E-state index in [0.717, 1.165) is 37.3 Å². The van der Waals surface area contributed by atoms with Gasteiger partial charge in [0.05, 0.1) is 12.4 Å². The predicted octanol–water partition coefficient (Wildman–Crippen LogP) is 2.30. The molecule has 182 valence electrons. The van der Waals surface area contributed by atoms with Crippen molar-refractivity contribution in [3.8, 4) is 0 Å². The molecule has 6 nitrogen and oxygen atoms in total. The molecule has 0 spiro atoms. The molecule has 0 aromatic heterocycles. The Morgan fingerprint density at radius 1 is 1.00 bits per heavy atom. The number of rotatable bonds is 3. The molecule has 0 N–H and O–H groups in total. The molecule has 0 radical (unpaired) electrons. The summed E-state index contributed by atoms with van der Waals surface area (Å²) in [5.41, 5.74) is 6.95. The van der Waals surface area contributed by atoms with Gasteiger partial charge in [0.1, 0.15) is 21.2 Å². The van der Waals surface area contributed by atoms with Crippen LogP contribution in [-0.2, 0) is 9.59 Å². The summed E-state index contributed by atoms with van der Waals surface area (Å²) in [6, 6.07) is 14.1. The molecule has 4 aliphatic rings. The van der Waals surface area contributed by atoms with Gasteiger partial charge >= 0.3 is 6.15 Å². The van der Waals surface area contributed by atoms with E-state index in [2.05, 4.69) is 59.0 Å². The van der Waals surface area contributed by atoms with Crippen LogP contribution in [0.25, 0.3) is 5.57 Å². The Balaban J connectivity index is 0.000000848. The highest BCUT2D eigenvalue weighted by Crippen LogP contribution is 2.43. The van der Waals surface area contributed by atoms with Gasteiger partial charge in [-0.1, -0.05) is 43.4 Å². The summed E-state index contributed by atoms with van der Waals surface area (Å²) in [7, 11) is -2.02. The number of benzene rings is 2. The van der Waals surface area contributed by atoms with E-state index >= 15 is 0 Å². The fourth-order valence-corrected chi connectivity index (χ4v) is 8.61. The zero-order chi connectivity index (χ0) is 25.4. The maximum atomic E-state index is 12.1. The average molecular weight is 497 g/mol. The highest BCUT2D eigenvalue weighted by molar-refractivity contribution is 6.98. The molecule has 3 aliphatic heterocycles. The van der Waals surface area contributed by atoms with Gasteiger partial charge in [0.25, 0.3) is 0 Å². The molecule has 0 saturated carbocycles. The Morgan fingerprint density at radius 3 is 2.33 bits per heavy atom. The molecule has 2 fully saturated rings. The van der Waals surface area contributed by atoms with Crippen LogP contribution in [0, 0.1) is 0 Å². The molecule has 2 aromatic rings. The van der Waals surface area contributed by atoms with Crippen molar-refractivity contribution in [3.05, 3.63) is 88.2 Å². The Kier molecular flexibility index (Phi) is 6.20. The molecule has 36 heavy (non-hydrogen) atoms. The molecule has 3 heterocycles. The quantitative estimate of drug-likeness (QED) is 0.481. The van der Waals surface area contributed by atoms with E-state index in [1.54, 1.807) is 12.1 Å². The van der Waals surface area contributed by atoms with Crippen molar-refractivity contribution < 1.29 is 24.1 Å². The highest BCUT2D eigenvalue weighted by Gasteiger charge is 2.41. The normalized spacial score (nSPS) is 19.1. The SMILES string of the molecule is C[Si]1(C)C2=CC(=[N+]3CCC3)C=CC2=C(c2ccccc2C(=O)[O-])c2ccc(N3CCC3)cc21.O=C=O. The predicted molar refractivity (Wildman–Crippen MR) is 139 cm³/mol. The van der Waals surface area contributed by atoms with Gasteiger partial charge in [0.15, 0.2) is 5.71 Å². The van der Waals surface area contributed by atoms with E-state index in [4.69, 9.17) is 9.59 Å². The summed E-state index contributed by atoms with van der Waals surface area (Å²) < 4.78 is 2.44. The first-order chi connectivity index (χ1) is 17.4. The molecular weight excluding hydrogens is 468 g/mol. The summed E-state index contributed by atoms with van der Waals surface area (Å²) in [6.07, 6.45) is 9.57. The lowest BCUT2D eigenvalue weighted by atomic mass is 9.87. The Hall–Kier alpha value is -3.80. The Bertz CT molecular complexity index is 1410. The third-order valence-corrected chi connectivity index (χ3v) is 11.3. The van der Waals surface area contributed by atoms with Gasteiger partial charge in [-0.2, -0.15) is 9.59 Å². The number of nitrogens with zero attached hydrogens (tertiary/aromatic N) is 2. The molecule has 2 aromatic carbocycles. The number of hydrogen-bond acceptors (Lipinski definition) is 5. The van der Waals surface area contributed by atoms with Crippen molar-refractivity contribution in [2.75, 3.05) is 31.1 Å². The van der Waals surface area contributed by atoms with Gasteiger partial charge in [-0.15, -0.1) is 0 Å². The molecular formula is C29H28N2O4Si. The lowest BCUT2D eigenvalue weighted by Gasteiger charge is -2.40. The monoisotopic (exact) mass is 496 g/mol. The van der Waals surface area contributed by atoms with Crippen LogP contribution in [-0.4, -0.2) is 56.7 Å². The first-order valence-corrected chi connectivity index (χ1v) is 15.3. The van der Waals surface area contributed by atoms with Crippen LogP contribution < -0.4 is 15.2 Å². The highest BCUT2D eigenvalue weighted by atomic mass is 28.3. The minimum atomic E-state index is -2.02. The molecule has 1 aliphatic carbocycles. The first kappa shape index (κ1) is 23.9. The molecule has 2 saturated heterocycles. The van der Waals surface area contributed by atoms with Crippen molar-refractivity contribution in [3.63, 3.8) is 0 Å². The van der Waals surface area contributed by atoms with Crippen molar-refractivity contribution in [1.82, 2.24) is 0 Å². The number of aromatic carboxylic acids is 1. The average Bonchev–Trinajstić information content (AvgIpc) is 2.78. The number of carboxylic acids is 1. The Morgan fingerprint density at radius 2 is 1.72 bits per heavy atom. The van der Waals surface area contributed by atoms with Gasteiger partial charge in [-0.05, 0) is 57.3 Å². The second-order valence-corrected chi connectivity index (χ2v) is 14.4. The van der Waals surface area contributed by atoms with Crippen molar-refractivity contribution in [2.24, 2.45) is 0 Å². The van der Waals surface area contributed by atoms with E-state index in [1.165, 1.54) is 45.8 Å². The van der Waals surface area contributed by atoms with Crippen LogP contribution in [0.2, 0.25) is 13.1 Å². The fourth-order valence-electron chi connectivity index (χ4n) is 5.54. The van der Waals surface area contributed by atoms with Crippen molar-refractivity contribution in [1.29, 1.82) is 0 Å².